The monoisotopic (exact) mass is 398 g/mol. The van der Waals surface area contributed by atoms with Gasteiger partial charge in [-0.15, -0.1) is 0 Å². The van der Waals surface area contributed by atoms with Gasteiger partial charge in [0.05, 0.1) is 24.2 Å². The molecule has 1 unspecified atom stereocenters. The number of carbonyl (C=O) groups excluding carboxylic acids is 1. The molecule has 0 aliphatic carbocycles. The molecule has 7 heteroatoms. The summed E-state index contributed by atoms with van der Waals surface area (Å²) in [7, 11) is 0. The number of aryl methyl sites for hydroxylation is 1. The third-order valence-corrected chi connectivity index (χ3v) is 4.53. The maximum Gasteiger partial charge on any atom is 0.221 e. The summed E-state index contributed by atoms with van der Waals surface area (Å²) < 4.78 is 8.19. The average molecular weight is 399 g/mol. The number of aromatic nitrogens is 2. The van der Waals surface area contributed by atoms with Crippen LogP contribution in [-0.4, -0.2) is 21.6 Å². The van der Waals surface area contributed by atoms with Crippen molar-refractivity contribution >= 4 is 28.9 Å². The Kier molecular flexibility index (Phi) is 6.55. The van der Waals surface area contributed by atoms with E-state index >= 15 is 0 Å². The largest absolute Gasteiger partial charge is 0.488 e. The van der Waals surface area contributed by atoms with Crippen molar-refractivity contribution < 1.29 is 9.53 Å². The van der Waals surface area contributed by atoms with Gasteiger partial charge in [-0.25, -0.2) is 4.98 Å². The third-order valence-electron chi connectivity index (χ3n) is 4.28. The molecule has 0 saturated heterocycles. The highest BCUT2D eigenvalue weighted by Gasteiger charge is 2.13. The Morgan fingerprint density at radius 3 is 2.71 bits per heavy atom. The molecule has 3 rings (SSSR count). The maximum atomic E-state index is 11.2. The van der Waals surface area contributed by atoms with Crippen LogP contribution in [0.15, 0.2) is 61.2 Å². The van der Waals surface area contributed by atoms with E-state index in [4.69, 9.17) is 22.1 Å². The molecular weight excluding hydrogens is 376 g/mol. The van der Waals surface area contributed by atoms with Crippen LogP contribution < -0.4 is 15.8 Å². The third kappa shape index (κ3) is 5.76. The SMILES string of the molecule is CC(=O)Nc1ccc(OC(CCc2ccc(Cl)cc2)Cn2ccnc2)cc1N. The van der Waals surface area contributed by atoms with Crippen LogP contribution in [0, 0.1) is 0 Å². The number of nitrogens with two attached hydrogens (primary N) is 1. The van der Waals surface area contributed by atoms with Crippen molar-refractivity contribution in [1.29, 1.82) is 0 Å². The fourth-order valence-corrected chi connectivity index (χ4v) is 3.03. The number of hydrogen-bond acceptors (Lipinski definition) is 4. The minimum Gasteiger partial charge on any atom is -0.488 e. The number of halogens is 1. The van der Waals surface area contributed by atoms with Gasteiger partial charge in [0.2, 0.25) is 5.91 Å². The molecular formula is C21H23ClN4O2. The number of ether oxygens (including phenoxy) is 1. The predicted octanol–water partition coefficient (Wildman–Crippen LogP) is 4.16. The highest BCUT2D eigenvalue weighted by atomic mass is 35.5. The van der Waals surface area contributed by atoms with Crippen molar-refractivity contribution in [2.24, 2.45) is 0 Å². The van der Waals surface area contributed by atoms with Crippen molar-refractivity contribution in [2.75, 3.05) is 11.1 Å². The molecule has 1 amide bonds. The molecule has 146 valence electrons. The van der Waals surface area contributed by atoms with Crippen LogP contribution in [0.5, 0.6) is 5.75 Å². The summed E-state index contributed by atoms with van der Waals surface area (Å²) in [6.07, 6.45) is 7.02. The quantitative estimate of drug-likeness (QED) is 0.558. The Bertz CT molecular complexity index is 911. The van der Waals surface area contributed by atoms with Gasteiger partial charge in [0.15, 0.2) is 0 Å². The van der Waals surface area contributed by atoms with Crippen LogP contribution >= 0.6 is 11.6 Å². The van der Waals surface area contributed by atoms with Crippen LogP contribution in [-0.2, 0) is 17.8 Å². The number of anilines is 2. The zero-order valence-electron chi connectivity index (χ0n) is 15.6. The Hall–Kier alpha value is -2.99. The lowest BCUT2D eigenvalue weighted by Gasteiger charge is -2.20. The number of nitrogens with zero attached hydrogens (tertiary/aromatic N) is 2. The van der Waals surface area contributed by atoms with Gasteiger partial charge < -0.3 is 20.4 Å². The van der Waals surface area contributed by atoms with Gasteiger partial charge in [-0.2, -0.15) is 0 Å². The van der Waals surface area contributed by atoms with E-state index in [0.29, 0.717) is 23.7 Å². The van der Waals surface area contributed by atoms with Crippen LogP contribution in [0.1, 0.15) is 18.9 Å². The Morgan fingerprint density at radius 1 is 1.29 bits per heavy atom. The molecule has 28 heavy (non-hydrogen) atoms. The molecule has 0 aliphatic rings. The molecule has 6 nitrogen and oxygen atoms in total. The molecule has 0 fully saturated rings. The van der Waals surface area contributed by atoms with Crippen molar-refractivity contribution in [3.63, 3.8) is 0 Å². The first kappa shape index (κ1) is 19.8. The molecule has 3 N–H and O–H groups in total. The van der Waals surface area contributed by atoms with Gasteiger partial charge in [0.25, 0.3) is 0 Å². The first-order valence-corrected chi connectivity index (χ1v) is 9.41. The molecule has 2 aromatic carbocycles. The number of nitrogen functional groups attached to an aromatic ring is 1. The van der Waals surface area contributed by atoms with Crippen molar-refractivity contribution in [2.45, 2.75) is 32.4 Å². The smallest absolute Gasteiger partial charge is 0.221 e. The normalized spacial score (nSPS) is 11.8. The van der Waals surface area contributed by atoms with Gasteiger partial charge in [0.1, 0.15) is 11.9 Å². The zero-order chi connectivity index (χ0) is 19.9. The second-order valence-corrected chi connectivity index (χ2v) is 7.03. The summed E-state index contributed by atoms with van der Waals surface area (Å²) in [5.74, 6) is 0.495. The number of nitrogens with one attached hydrogen (secondary N) is 1. The average Bonchev–Trinajstić information content (AvgIpc) is 3.16. The summed E-state index contributed by atoms with van der Waals surface area (Å²) in [4.78, 5) is 15.3. The van der Waals surface area contributed by atoms with Gasteiger partial charge in [-0.1, -0.05) is 23.7 Å². The fraction of sp³-hybridized carbons (Fsp3) is 0.238. The lowest BCUT2D eigenvalue weighted by molar-refractivity contribution is -0.114. The molecule has 3 aromatic rings. The second kappa shape index (κ2) is 9.28. The first-order chi connectivity index (χ1) is 13.5. The number of carbonyl (C=O) groups is 1. The number of hydrogen-bond donors (Lipinski definition) is 2. The van der Waals surface area contributed by atoms with E-state index in [1.165, 1.54) is 12.5 Å². The van der Waals surface area contributed by atoms with E-state index in [0.717, 1.165) is 17.9 Å². The topological polar surface area (TPSA) is 82.2 Å². The van der Waals surface area contributed by atoms with E-state index in [2.05, 4.69) is 10.3 Å². The van der Waals surface area contributed by atoms with E-state index in [-0.39, 0.29) is 12.0 Å². The van der Waals surface area contributed by atoms with Crippen molar-refractivity contribution in [1.82, 2.24) is 9.55 Å². The zero-order valence-corrected chi connectivity index (χ0v) is 16.4. The van der Waals surface area contributed by atoms with E-state index in [9.17, 15) is 4.79 Å². The highest BCUT2D eigenvalue weighted by Crippen LogP contribution is 2.26. The summed E-state index contributed by atoms with van der Waals surface area (Å²) in [5.41, 5.74) is 8.28. The number of imidazole rings is 1. The van der Waals surface area contributed by atoms with Gasteiger partial charge in [-0.3, -0.25) is 4.79 Å². The van der Waals surface area contributed by atoms with Crippen molar-refractivity contribution in [3.8, 4) is 5.75 Å². The van der Waals surface area contributed by atoms with E-state index in [1.54, 1.807) is 24.7 Å². The molecule has 1 aromatic heterocycles. The van der Waals surface area contributed by atoms with E-state index in [1.807, 2.05) is 41.1 Å². The molecule has 0 bridgehead atoms. The van der Waals surface area contributed by atoms with Crippen LogP contribution in [0.2, 0.25) is 5.02 Å². The second-order valence-electron chi connectivity index (χ2n) is 6.59. The molecule has 0 saturated carbocycles. The van der Waals surface area contributed by atoms with Crippen LogP contribution in [0.4, 0.5) is 11.4 Å². The lowest BCUT2D eigenvalue weighted by atomic mass is 10.1. The fourth-order valence-electron chi connectivity index (χ4n) is 2.91. The van der Waals surface area contributed by atoms with Gasteiger partial charge in [0, 0.05) is 30.4 Å². The van der Waals surface area contributed by atoms with Crippen LogP contribution in [0.25, 0.3) is 0 Å². The van der Waals surface area contributed by atoms with E-state index < -0.39 is 0 Å². The van der Waals surface area contributed by atoms with Gasteiger partial charge >= 0.3 is 0 Å². The molecule has 0 radical (unpaired) electrons. The number of benzene rings is 2. The first-order valence-electron chi connectivity index (χ1n) is 9.03. The molecule has 1 atom stereocenters. The number of amides is 1. The van der Waals surface area contributed by atoms with Crippen molar-refractivity contribution in [3.05, 3.63) is 71.8 Å². The Balaban J connectivity index is 1.70. The molecule has 0 spiro atoms. The summed E-state index contributed by atoms with van der Waals surface area (Å²) >= 11 is 5.96. The summed E-state index contributed by atoms with van der Waals surface area (Å²) in [6.45, 7) is 2.11. The van der Waals surface area contributed by atoms with Crippen LogP contribution in [0.3, 0.4) is 0 Å². The lowest BCUT2D eigenvalue weighted by Crippen LogP contribution is -2.23. The summed E-state index contributed by atoms with van der Waals surface area (Å²) in [5, 5.41) is 3.43. The minimum absolute atomic E-state index is 0.0732. The number of rotatable bonds is 8. The molecule has 1 heterocycles. The standard InChI is InChI=1S/C21H23ClN4O2/c1-15(27)25-21-9-8-18(12-20(21)23)28-19(13-26-11-10-24-14-26)7-4-16-2-5-17(22)6-3-16/h2-3,5-6,8-12,14,19H,4,7,13,23H2,1H3,(H,25,27). The predicted molar refractivity (Wildman–Crippen MR) is 112 cm³/mol. The van der Waals surface area contributed by atoms with Gasteiger partial charge in [-0.05, 0) is 42.7 Å². The maximum absolute atomic E-state index is 11.2. The molecule has 0 aliphatic heterocycles. The highest BCUT2D eigenvalue weighted by molar-refractivity contribution is 6.30. The minimum atomic E-state index is -0.165. The summed E-state index contributed by atoms with van der Waals surface area (Å²) in [6, 6.07) is 13.1. The Labute approximate surface area is 169 Å². The Morgan fingerprint density at radius 2 is 2.07 bits per heavy atom.